The van der Waals surface area contributed by atoms with E-state index in [2.05, 4.69) is 15.9 Å². The van der Waals surface area contributed by atoms with Gasteiger partial charge in [0, 0.05) is 10.0 Å². The monoisotopic (exact) mass is 288 g/mol. The highest BCUT2D eigenvalue weighted by atomic mass is 79.9. The smallest absolute Gasteiger partial charge is 0.201 e. The maximum absolute atomic E-state index is 13.1. The Morgan fingerprint density at radius 3 is 2.13 bits per heavy atom. The molecule has 0 aliphatic heterocycles. The Kier molecular flexibility index (Phi) is 3.38. The van der Waals surface area contributed by atoms with Gasteiger partial charge in [-0.05, 0) is 12.1 Å². The maximum atomic E-state index is 13.1. The first-order chi connectivity index (χ1) is 6.71. The third-order valence-electron chi connectivity index (χ3n) is 1.67. The van der Waals surface area contributed by atoms with Gasteiger partial charge in [-0.25, -0.2) is 8.78 Å². The lowest BCUT2D eigenvalue weighted by molar-refractivity contribution is -0.190. The topological polar surface area (TPSA) is 0 Å². The predicted octanol–water partition coefficient (Wildman–Crippen LogP) is 4.49. The molecule has 6 heteroatoms. The SMILES string of the molecule is FC(F)(F)CC(F)(F)c1cccc(Br)c1. The van der Waals surface area contributed by atoms with Crippen LogP contribution in [0.4, 0.5) is 22.0 Å². The Labute approximate surface area is 91.2 Å². The zero-order valence-electron chi connectivity index (χ0n) is 7.28. The van der Waals surface area contributed by atoms with E-state index in [1.807, 2.05) is 0 Å². The van der Waals surface area contributed by atoms with Gasteiger partial charge in [-0.1, -0.05) is 28.1 Å². The van der Waals surface area contributed by atoms with Crippen molar-refractivity contribution in [1.29, 1.82) is 0 Å². The van der Waals surface area contributed by atoms with E-state index < -0.39 is 24.1 Å². The minimum atomic E-state index is -4.88. The molecule has 0 bridgehead atoms. The van der Waals surface area contributed by atoms with Crippen LogP contribution in [0, 0.1) is 0 Å². The summed E-state index contributed by atoms with van der Waals surface area (Å²) in [6, 6.07) is 4.68. The number of rotatable bonds is 2. The summed E-state index contributed by atoms with van der Waals surface area (Å²) in [7, 11) is 0. The van der Waals surface area contributed by atoms with Gasteiger partial charge >= 0.3 is 6.18 Å². The van der Waals surface area contributed by atoms with Gasteiger partial charge in [0.2, 0.25) is 0 Å². The van der Waals surface area contributed by atoms with Crippen LogP contribution in [0.3, 0.4) is 0 Å². The van der Waals surface area contributed by atoms with E-state index in [1.165, 1.54) is 12.1 Å². The molecule has 0 fully saturated rings. The summed E-state index contributed by atoms with van der Waals surface area (Å²) in [5, 5.41) is 0. The standard InChI is InChI=1S/C9H6BrF5/c10-7-3-1-2-6(4-7)8(11,12)5-9(13,14)15/h1-4H,5H2. The van der Waals surface area contributed by atoms with Crippen LogP contribution < -0.4 is 0 Å². The van der Waals surface area contributed by atoms with Crippen LogP contribution in [0.15, 0.2) is 28.7 Å². The molecule has 0 heterocycles. The summed E-state index contributed by atoms with van der Waals surface area (Å²) in [6.07, 6.45) is -7.03. The van der Waals surface area contributed by atoms with Crippen LogP contribution in [0.5, 0.6) is 0 Å². The molecule has 0 aromatic heterocycles. The molecule has 0 atom stereocenters. The molecule has 84 valence electrons. The summed E-state index contributed by atoms with van der Waals surface area (Å²) in [4.78, 5) is 0. The van der Waals surface area contributed by atoms with E-state index >= 15 is 0 Å². The minimum absolute atomic E-state index is 0.321. The van der Waals surface area contributed by atoms with Gasteiger partial charge in [0.1, 0.15) is 6.42 Å². The normalized spacial score (nSPS) is 12.9. The van der Waals surface area contributed by atoms with E-state index in [-0.39, 0.29) is 0 Å². The maximum Gasteiger partial charge on any atom is 0.395 e. The summed E-state index contributed by atoms with van der Waals surface area (Å²) in [6.45, 7) is 0. The lowest BCUT2D eigenvalue weighted by Crippen LogP contribution is -2.23. The van der Waals surface area contributed by atoms with Crippen LogP contribution >= 0.6 is 15.9 Å². The first-order valence-electron chi connectivity index (χ1n) is 3.91. The zero-order chi connectivity index (χ0) is 11.7. The molecule has 0 unspecified atom stereocenters. The van der Waals surface area contributed by atoms with E-state index in [0.717, 1.165) is 12.1 Å². The lowest BCUT2D eigenvalue weighted by Gasteiger charge is -2.18. The molecular weight excluding hydrogens is 283 g/mol. The Balaban J connectivity index is 2.95. The first kappa shape index (κ1) is 12.4. The van der Waals surface area contributed by atoms with Crippen LogP contribution in [0.25, 0.3) is 0 Å². The van der Waals surface area contributed by atoms with Crippen molar-refractivity contribution in [3.63, 3.8) is 0 Å². The number of benzene rings is 1. The number of halogens is 6. The van der Waals surface area contributed by atoms with Gasteiger partial charge in [-0.15, -0.1) is 0 Å². The third kappa shape index (κ3) is 3.77. The van der Waals surface area contributed by atoms with Gasteiger partial charge in [0.05, 0.1) is 0 Å². The summed E-state index contributed by atoms with van der Waals surface area (Å²) >= 11 is 2.92. The zero-order valence-corrected chi connectivity index (χ0v) is 8.87. The lowest BCUT2D eigenvalue weighted by atomic mass is 10.1. The average molecular weight is 289 g/mol. The number of hydrogen-bond donors (Lipinski definition) is 0. The highest BCUT2D eigenvalue weighted by Crippen LogP contribution is 2.39. The third-order valence-corrected chi connectivity index (χ3v) is 2.16. The molecule has 0 aliphatic carbocycles. The predicted molar refractivity (Wildman–Crippen MR) is 48.7 cm³/mol. The summed E-state index contributed by atoms with van der Waals surface area (Å²) in [5.74, 6) is -3.89. The quantitative estimate of drug-likeness (QED) is 0.703. The van der Waals surface area contributed by atoms with Gasteiger partial charge in [0.15, 0.2) is 0 Å². The van der Waals surface area contributed by atoms with Crippen LogP contribution in [0.1, 0.15) is 12.0 Å². The van der Waals surface area contributed by atoms with E-state index in [0.29, 0.717) is 4.47 Å². The fourth-order valence-corrected chi connectivity index (χ4v) is 1.47. The van der Waals surface area contributed by atoms with Crippen molar-refractivity contribution < 1.29 is 22.0 Å². The van der Waals surface area contributed by atoms with Gasteiger partial charge < -0.3 is 0 Å². The molecule has 0 spiro atoms. The molecule has 1 aromatic rings. The molecule has 15 heavy (non-hydrogen) atoms. The molecule has 0 N–H and O–H groups in total. The van der Waals surface area contributed by atoms with Gasteiger partial charge in [0.25, 0.3) is 5.92 Å². The van der Waals surface area contributed by atoms with Crippen molar-refractivity contribution in [3.05, 3.63) is 34.3 Å². The molecular formula is C9H6BrF5. The fraction of sp³-hybridized carbons (Fsp3) is 0.333. The minimum Gasteiger partial charge on any atom is -0.201 e. The number of alkyl halides is 5. The van der Waals surface area contributed by atoms with Crippen molar-refractivity contribution >= 4 is 15.9 Å². The molecule has 1 aromatic carbocycles. The van der Waals surface area contributed by atoms with Crippen molar-refractivity contribution in [1.82, 2.24) is 0 Å². The number of hydrogen-bond acceptors (Lipinski definition) is 0. The molecule has 0 saturated heterocycles. The fourth-order valence-electron chi connectivity index (χ4n) is 1.07. The van der Waals surface area contributed by atoms with Crippen molar-refractivity contribution in [2.45, 2.75) is 18.5 Å². The van der Waals surface area contributed by atoms with E-state index in [4.69, 9.17) is 0 Å². The van der Waals surface area contributed by atoms with E-state index in [9.17, 15) is 22.0 Å². The molecule has 0 saturated carbocycles. The first-order valence-corrected chi connectivity index (χ1v) is 4.71. The highest BCUT2D eigenvalue weighted by molar-refractivity contribution is 9.10. The van der Waals surface area contributed by atoms with Crippen molar-refractivity contribution in [2.75, 3.05) is 0 Å². The van der Waals surface area contributed by atoms with Gasteiger partial charge in [-0.3, -0.25) is 0 Å². The Morgan fingerprint density at radius 1 is 1.07 bits per heavy atom. The molecule has 0 amide bonds. The van der Waals surface area contributed by atoms with Crippen molar-refractivity contribution in [2.24, 2.45) is 0 Å². The van der Waals surface area contributed by atoms with Gasteiger partial charge in [-0.2, -0.15) is 13.2 Å². The molecule has 0 radical (unpaired) electrons. The van der Waals surface area contributed by atoms with Crippen molar-refractivity contribution in [3.8, 4) is 0 Å². The van der Waals surface area contributed by atoms with E-state index in [1.54, 1.807) is 0 Å². The molecule has 0 aliphatic rings. The summed E-state index contributed by atoms with van der Waals surface area (Å²) < 4.78 is 62.0. The largest absolute Gasteiger partial charge is 0.395 e. The second-order valence-electron chi connectivity index (χ2n) is 3.01. The Bertz CT molecular complexity index is 345. The molecule has 1 rings (SSSR count). The second-order valence-corrected chi connectivity index (χ2v) is 3.92. The molecule has 0 nitrogen and oxygen atoms in total. The Morgan fingerprint density at radius 2 is 1.67 bits per heavy atom. The second kappa shape index (κ2) is 4.08. The highest BCUT2D eigenvalue weighted by Gasteiger charge is 2.44. The van der Waals surface area contributed by atoms with Crippen LogP contribution in [0.2, 0.25) is 0 Å². The van der Waals surface area contributed by atoms with Crippen LogP contribution in [-0.4, -0.2) is 6.18 Å². The average Bonchev–Trinajstić information content (AvgIpc) is 1.99. The van der Waals surface area contributed by atoms with Crippen LogP contribution in [-0.2, 0) is 5.92 Å². The Hall–Kier alpha value is -0.650. The summed E-state index contributed by atoms with van der Waals surface area (Å²) in [5.41, 5.74) is -0.644.